The summed E-state index contributed by atoms with van der Waals surface area (Å²) in [4.78, 5) is 6.16. The highest BCUT2D eigenvalue weighted by Gasteiger charge is 2.28. The van der Waals surface area contributed by atoms with Crippen molar-refractivity contribution in [2.45, 2.75) is 71.9 Å². The van der Waals surface area contributed by atoms with E-state index in [1.807, 2.05) is 11.3 Å². The molecule has 1 fully saturated rings. The fourth-order valence-electron chi connectivity index (χ4n) is 2.60. The molecule has 1 aromatic rings. The number of hydrogen-bond acceptors (Lipinski definition) is 3. The summed E-state index contributed by atoms with van der Waals surface area (Å²) in [5.74, 6) is 0.905. The normalized spacial score (nSPS) is 25.9. The molecule has 1 aliphatic carbocycles. The third-order valence-electron chi connectivity index (χ3n) is 3.73. The van der Waals surface area contributed by atoms with Gasteiger partial charge in [0, 0.05) is 22.4 Å². The maximum atomic E-state index is 4.75. The molecule has 1 aromatic heterocycles. The predicted molar refractivity (Wildman–Crippen MR) is 79.3 cm³/mol. The average molecular weight is 266 g/mol. The van der Waals surface area contributed by atoms with E-state index in [0.29, 0.717) is 6.04 Å². The molecular weight excluding hydrogens is 240 g/mol. The van der Waals surface area contributed by atoms with Crippen LogP contribution < -0.4 is 5.32 Å². The van der Waals surface area contributed by atoms with E-state index in [0.717, 1.165) is 12.0 Å². The van der Waals surface area contributed by atoms with Gasteiger partial charge in [0.1, 0.15) is 0 Å². The summed E-state index contributed by atoms with van der Waals surface area (Å²) in [5.41, 5.74) is 1.37. The largest absolute Gasteiger partial charge is 0.307 e. The summed E-state index contributed by atoms with van der Waals surface area (Å²) in [6, 6.07) is 1.16. The van der Waals surface area contributed by atoms with Crippen molar-refractivity contribution in [1.29, 1.82) is 0 Å². The zero-order chi connectivity index (χ0) is 13.5. The lowest BCUT2D eigenvalue weighted by Gasteiger charge is -2.35. The van der Waals surface area contributed by atoms with Crippen LogP contribution in [0.2, 0.25) is 0 Å². The van der Waals surface area contributed by atoms with E-state index in [1.54, 1.807) is 0 Å². The molecule has 1 N–H and O–H groups in total. The molecule has 0 bridgehead atoms. The average Bonchev–Trinajstić information content (AvgIpc) is 2.57. The van der Waals surface area contributed by atoms with Crippen LogP contribution in [0.4, 0.5) is 0 Å². The van der Waals surface area contributed by atoms with E-state index >= 15 is 0 Å². The highest BCUT2D eigenvalue weighted by molar-refractivity contribution is 7.12. The van der Waals surface area contributed by atoms with Crippen molar-refractivity contribution in [2.24, 2.45) is 5.92 Å². The first-order valence-corrected chi connectivity index (χ1v) is 7.83. The lowest BCUT2D eigenvalue weighted by Crippen LogP contribution is -2.41. The fourth-order valence-corrected chi connectivity index (χ4v) is 3.73. The molecule has 0 aromatic carbocycles. The minimum atomic E-state index is 0.165. The van der Waals surface area contributed by atoms with Gasteiger partial charge >= 0.3 is 0 Å². The van der Waals surface area contributed by atoms with Crippen LogP contribution in [-0.2, 0) is 5.41 Å². The summed E-state index contributed by atoms with van der Waals surface area (Å²) in [6.45, 7) is 13.5. The van der Waals surface area contributed by atoms with Crippen molar-refractivity contribution in [3.8, 4) is 0 Å². The molecule has 18 heavy (non-hydrogen) atoms. The Balaban J connectivity index is 2.06. The fraction of sp³-hybridized carbons (Fsp3) is 0.800. The number of nitrogens with one attached hydrogen (secondary N) is 1. The first-order chi connectivity index (χ1) is 8.27. The maximum Gasteiger partial charge on any atom is 0.0985 e. The Bertz CT molecular complexity index is 411. The molecule has 1 heterocycles. The molecule has 1 unspecified atom stereocenters. The first kappa shape index (κ1) is 14.0. The Kier molecular flexibility index (Phi) is 3.84. The van der Waals surface area contributed by atoms with Crippen molar-refractivity contribution in [3.63, 3.8) is 0 Å². The van der Waals surface area contributed by atoms with Gasteiger partial charge < -0.3 is 5.32 Å². The Labute approximate surface area is 115 Å². The predicted octanol–water partition coefficient (Wildman–Crippen LogP) is 4.20. The van der Waals surface area contributed by atoms with Gasteiger partial charge in [-0.05, 0) is 32.6 Å². The van der Waals surface area contributed by atoms with Crippen molar-refractivity contribution in [2.75, 3.05) is 0 Å². The second-order valence-corrected chi connectivity index (χ2v) is 7.91. The van der Waals surface area contributed by atoms with Crippen LogP contribution in [0.3, 0.4) is 0 Å². The Morgan fingerprint density at radius 1 is 1.33 bits per heavy atom. The van der Waals surface area contributed by atoms with E-state index in [9.17, 15) is 0 Å². The Morgan fingerprint density at radius 3 is 2.39 bits per heavy atom. The van der Waals surface area contributed by atoms with Gasteiger partial charge in [-0.2, -0.15) is 0 Å². The van der Waals surface area contributed by atoms with Crippen molar-refractivity contribution in [3.05, 3.63) is 15.6 Å². The number of nitrogens with zero attached hydrogens (tertiary/aromatic N) is 1. The van der Waals surface area contributed by atoms with E-state index in [-0.39, 0.29) is 5.41 Å². The summed E-state index contributed by atoms with van der Waals surface area (Å²) in [7, 11) is 0. The molecule has 0 aliphatic heterocycles. The third kappa shape index (κ3) is 2.94. The molecule has 2 nitrogen and oxygen atoms in total. The zero-order valence-corrected chi connectivity index (χ0v) is 13.3. The van der Waals surface area contributed by atoms with Gasteiger partial charge in [0.2, 0.25) is 0 Å². The second-order valence-electron chi connectivity index (χ2n) is 6.88. The SMILES string of the molecule is Cc1nc(C(C)(C)C)sc1C(C)NC1CC(C)C1. The van der Waals surface area contributed by atoms with Crippen molar-refractivity contribution >= 4 is 11.3 Å². The molecule has 0 radical (unpaired) electrons. The number of rotatable bonds is 3. The van der Waals surface area contributed by atoms with E-state index in [2.05, 4.69) is 46.9 Å². The zero-order valence-electron chi connectivity index (χ0n) is 12.5. The van der Waals surface area contributed by atoms with Crippen molar-refractivity contribution in [1.82, 2.24) is 10.3 Å². The molecule has 1 saturated carbocycles. The highest BCUT2D eigenvalue weighted by Crippen LogP contribution is 2.34. The van der Waals surface area contributed by atoms with Crippen LogP contribution in [0, 0.1) is 12.8 Å². The molecule has 2 rings (SSSR count). The Morgan fingerprint density at radius 2 is 1.94 bits per heavy atom. The Hall–Kier alpha value is -0.410. The van der Waals surface area contributed by atoms with Gasteiger partial charge in [0.25, 0.3) is 0 Å². The smallest absolute Gasteiger partial charge is 0.0985 e. The minimum Gasteiger partial charge on any atom is -0.307 e. The molecular formula is C15H26N2S. The van der Waals surface area contributed by atoms with E-state index in [1.165, 1.54) is 28.4 Å². The quantitative estimate of drug-likeness (QED) is 0.887. The second kappa shape index (κ2) is 4.93. The van der Waals surface area contributed by atoms with Crippen LogP contribution in [0.1, 0.15) is 69.1 Å². The number of thiazole rings is 1. The lowest BCUT2D eigenvalue weighted by atomic mass is 9.81. The standard InChI is InChI=1S/C15H26N2S/c1-9-7-12(8-9)16-10(2)13-11(3)17-14(18-13)15(4,5)6/h9-10,12,16H,7-8H2,1-6H3. The van der Waals surface area contributed by atoms with Crippen molar-refractivity contribution < 1.29 is 0 Å². The first-order valence-electron chi connectivity index (χ1n) is 7.01. The van der Waals surface area contributed by atoms with Gasteiger partial charge in [0.15, 0.2) is 0 Å². The van der Waals surface area contributed by atoms with Crippen LogP contribution in [0.25, 0.3) is 0 Å². The molecule has 1 atom stereocenters. The third-order valence-corrected chi connectivity index (χ3v) is 5.49. The summed E-state index contributed by atoms with van der Waals surface area (Å²) >= 11 is 1.88. The summed E-state index contributed by atoms with van der Waals surface area (Å²) in [5, 5.41) is 4.99. The van der Waals surface area contributed by atoms with Crippen LogP contribution in [0.5, 0.6) is 0 Å². The van der Waals surface area contributed by atoms with Crippen LogP contribution in [0.15, 0.2) is 0 Å². The maximum absolute atomic E-state index is 4.75. The van der Waals surface area contributed by atoms with Crippen LogP contribution in [-0.4, -0.2) is 11.0 Å². The summed E-state index contributed by atoms with van der Waals surface area (Å²) in [6.07, 6.45) is 2.66. The van der Waals surface area contributed by atoms with Gasteiger partial charge in [-0.25, -0.2) is 4.98 Å². The monoisotopic (exact) mass is 266 g/mol. The van der Waals surface area contributed by atoms with Gasteiger partial charge in [-0.3, -0.25) is 0 Å². The molecule has 3 heteroatoms. The minimum absolute atomic E-state index is 0.165. The van der Waals surface area contributed by atoms with Crippen LogP contribution >= 0.6 is 11.3 Å². The molecule has 0 amide bonds. The number of hydrogen-bond donors (Lipinski definition) is 1. The molecule has 0 saturated heterocycles. The molecule has 1 aliphatic rings. The van der Waals surface area contributed by atoms with E-state index < -0.39 is 0 Å². The topological polar surface area (TPSA) is 24.9 Å². The number of aryl methyl sites for hydroxylation is 1. The lowest BCUT2D eigenvalue weighted by molar-refractivity contribution is 0.227. The highest BCUT2D eigenvalue weighted by atomic mass is 32.1. The summed E-state index contributed by atoms with van der Waals surface area (Å²) < 4.78 is 0. The number of aromatic nitrogens is 1. The van der Waals surface area contributed by atoms with Gasteiger partial charge in [-0.1, -0.05) is 27.7 Å². The van der Waals surface area contributed by atoms with Gasteiger partial charge in [-0.15, -0.1) is 11.3 Å². The molecule has 0 spiro atoms. The van der Waals surface area contributed by atoms with E-state index in [4.69, 9.17) is 4.98 Å². The van der Waals surface area contributed by atoms with Gasteiger partial charge in [0.05, 0.1) is 10.7 Å². The molecule has 102 valence electrons.